The quantitative estimate of drug-likeness (QED) is 0.534. The van der Waals surface area contributed by atoms with E-state index in [-0.39, 0.29) is 5.82 Å². The van der Waals surface area contributed by atoms with E-state index < -0.39 is 4.92 Å². The molecule has 0 atom stereocenters. The number of hydrogen-bond donors (Lipinski definition) is 0. The SMILES string of the molecule is COc1ccccc1CN(C)c1nc2sccn2c1[N+](=O)[O-]. The third kappa shape index (κ3) is 2.37. The van der Waals surface area contributed by atoms with Gasteiger partial charge in [0, 0.05) is 24.5 Å². The van der Waals surface area contributed by atoms with Crippen LogP contribution in [0, 0.1) is 10.1 Å². The third-order valence-corrected chi connectivity index (χ3v) is 4.11. The van der Waals surface area contributed by atoms with Gasteiger partial charge >= 0.3 is 5.82 Å². The van der Waals surface area contributed by atoms with Gasteiger partial charge in [0.2, 0.25) is 5.82 Å². The molecule has 22 heavy (non-hydrogen) atoms. The number of aromatic nitrogens is 2. The van der Waals surface area contributed by atoms with Crippen LogP contribution in [-0.4, -0.2) is 28.5 Å². The number of thiazole rings is 1. The van der Waals surface area contributed by atoms with Gasteiger partial charge in [-0.2, -0.15) is 9.38 Å². The Labute approximate surface area is 130 Å². The van der Waals surface area contributed by atoms with E-state index in [1.165, 1.54) is 15.7 Å². The summed E-state index contributed by atoms with van der Waals surface area (Å²) in [5.74, 6) is 1.08. The van der Waals surface area contributed by atoms with Crippen LogP contribution in [0.4, 0.5) is 11.6 Å². The summed E-state index contributed by atoms with van der Waals surface area (Å²) in [6.45, 7) is 0.468. The monoisotopic (exact) mass is 318 g/mol. The standard InChI is InChI=1S/C14H14N4O3S/c1-16(9-10-5-3-4-6-11(10)21-2)12-13(18(19)20)17-7-8-22-14(17)15-12/h3-8H,9H2,1-2H3. The largest absolute Gasteiger partial charge is 0.496 e. The lowest BCUT2D eigenvalue weighted by Gasteiger charge is -2.17. The van der Waals surface area contributed by atoms with Gasteiger partial charge in [0.15, 0.2) is 0 Å². The molecule has 0 spiro atoms. The number of para-hydroxylation sites is 1. The lowest BCUT2D eigenvalue weighted by atomic mass is 10.2. The number of methoxy groups -OCH3 is 1. The van der Waals surface area contributed by atoms with Crippen molar-refractivity contribution >= 4 is 27.9 Å². The average molecular weight is 318 g/mol. The van der Waals surface area contributed by atoms with Gasteiger partial charge in [-0.05, 0) is 11.0 Å². The highest BCUT2D eigenvalue weighted by molar-refractivity contribution is 7.15. The highest BCUT2D eigenvalue weighted by Crippen LogP contribution is 2.32. The molecule has 2 heterocycles. The molecule has 8 heteroatoms. The molecule has 0 aliphatic rings. The van der Waals surface area contributed by atoms with Crippen LogP contribution in [0.2, 0.25) is 0 Å². The van der Waals surface area contributed by atoms with Crippen molar-refractivity contribution in [2.45, 2.75) is 6.54 Å². The van der Waals surface area contributed by atoms with Gasteiger partial charge in [-0.25, -0.2) is 0 Å². The fraction of sp³-hybridized carbons (Fsp3) is 0.214. The summed E-state index contributed by atoms with van der Waals surface area (Å²) in [6.07, 6.45) is 1.66. The second-order valence-electron chi connectivity index (χ2n) is 4.74. The molecule has 3 aromatic rings. The van der Waals surface area contributed by atoms with Crippen LogP contribution in [0.1, 0.15) is 5.56 Å². The number of nitrogens with zero attached hydrogens (tertiary/aromatic N) is 4. The van der Waals surface area contributed by atoms with Crippen molar-refractivity contribution in [1.82, 2.24) is 9.38 Å². The number of benzene rings is 1. The second kappa shape index (κ2) is 5.64. The first kappa shape index (κ1) is 14.3. The van der Waals surface area contributed by atoms with Crippen LogP contribution in [0.3, 0.4) is 0 Å². The lowest BCUT2D eigenvalue weighted by molar-refractivity contribution is -0.389. The molecule has 7 nitrogen and oxygen atoms in total. The summed E-state index contributed by atoms with van der Waals surface area (Å²) in [7, 11) is 3.39. The summed E-state index contributed by atoms with van der Waals surface area (Å²) in [4.78, 5) is 17.7. The topological polar surface area (TPSA) is 72.9 Å². The zero-order chi connectivity index (χ0) is 15.7. The van der Waals surface area contributed by atoms with Gasteiger partial charge in [-0.15, -0.1) is 0 Å². The molecule has 0 aliphatic carbocycles. The zero-order valence-electron chi connectivity index (χ0n) is 12.1. The van der Waals surface area contributed by atoms with E-state index in [4.69, 9.17) is 4.74 Å². The predicted molar refractivity (Wildman–Crippen MR) is 84.8 cm³/mol. The van der Waals surface area contributed by atoms with E-state index in [9.17, 15) is 10.1 Å². The number of ether oxygens (including phenoxy) is 1. The predicted octanol–water partition coefficient (Wildman–Crippen LogP) is 2.95. The normalized spacial score (nSPS) is 10.8. The minimum atomic E-state index is -0.402. The molecule has 0 saturated carbocycles. The summed E-state index contributed by atoms with van der Waals surface area (Å²) >= 11 is 1.37. The van der Waals surface area contributed by atoms with Gasteiger partial charge < -0.3 is 19.8 Å². The first-order valence-electron chi connectivity index (χ1n) is 6.54. The molecule has 2 aromatic heterocycles. The Balaban J connectivity index is 1.98. The Morgan fingerprint density at radius 2 is 2.23 bits per heavy atom. The minimum absolute atomic E-state index is 0.0198. The van der Waals surface area contributed by atoms with Crippen molar-refractivity contribution in [1.29, 1.82) is 0 Å². The Hall–Kier alpha value is -2.61. The number of anilines is 1. The molecule has 0 saturated heterocycles. The molecule has 0 N–H and O–H groups in total. The number of nitro groups is 1. The number of rotatable bonds is 5. The van der Waals surface area contributed by atoms with Crippen LogP contribution in [-0.2, 0) is 6.54 Å². The molecular formula is C14H14N4O3S. The van der Waals surface area contributed by atoms with E-state index in [1.54, 1.807) is 30.6 Å². The van der Waals surface area contributed by atoms with Gasteiger partial charge in [-0.1, -0.05) is 29.5 Å². The van der Waals surface area contributed by atoms with Gasteiger partial charge in [0.05, 0.1) is 7.11 Å². The molecule has 1 aromatic carbocycles. The van der Waals surface area contributed by atoms with Crippen molar-refractivity contribution in [3.05, 3.63) is 51.5 Å². The van der Waals surface area contributed by atoms with Crippen molar-refractivity contribution in [3.63, 3.8) is 0 Å². The number of hydrogen-bond acceptors (Lipinski definition) is 6. The van der Waals surface area contributed by atoms with E-state index in [2.05, 4.69) is 4.98 Å². The maximum atomic E-state index is 11.4. The maximum Gasteiger partial charge on any atom is 0.373 e. The summed E-state index contributed by atoms with van der Waals surface area (Å²) in [5, 5.41) is 13.1. The van der Waals surface area contributed by atoms with Crippen LogP contribution < -0.4 is 9.64 Å². The first-order valence-corrected chi connectivity index (χ1v) is 7.42. The fourth-order valence-corrected chi connectivity index (χ4v) is 3.06. The minimum Gasteiger partial charge on any atom is -0.496 e. The molecular weight excluding hydrogens is 304 g/mol. The van der Waals surface area contributed by atoms with Crippen molar-refractivity contribution in [3.8, 4) is 5.75 Å². The third-order valence-electron chi connectivity index (χ3n) is 3.35. The molecule has 0 bridgehead atoms. The van der Waals surface area contributed by atoms with Crippen molar-refractivity contribution in [2.75, 3.05) is 19.1 Å². The Morgan fingerprint density at radius 1 is 1.45 bits per heavy atom. The van der Waals surface area contributed by atoms with Crippen LogP contribution in [0.5, 0.6) is 5.75 Å². The fourth-order valence-electron chi connectivity index (χ4n) is 2.35. The molecule has 114 valence electrons. The Morgan fingerprint density at radius 3 is 2.95 bits per heavy atom. The number of imidazole rings is 1. The van der Waals surface area contributed by atoms with Gasteiger partial charge in [0.1, 0.15) is 11.9 Å². The molecule has 0 radical (unpaired) electrons. The average Bonchev–Trinajstić information content (AvgIpc) is 3.07. The molecule has 0 unspecified atom stereocenters. The Bertz CT molecular complexity index is 826. The highest BCUT2D eigenvalue weighted by atomic mass is 32.1. The summed E-state index contributed by atoms with van der Waals surface area (Å²) < 4.78 is 6.82. The number of fused-ring (bicyclic) bond motifs is 1. The van der Waals surface area contributed by atoms with Gasteiger partial charge in [0.25, 0.3) is 4.96 Å². The van der Waals surface area contributed by atoms with Crippen LogP contribution >= 0.6 is 11.3 Å². The summed E-state index contributed by atoms with van der Waals surface area (Å²) in [5.41, 5.74) is 0.943. The maximum absolute atomic E-state index is 11.4. The second-order valence-corrected chi connectivity index (χ2v) is 5.61. The highest BCUT2D eigenvalue weighted by Gasteiger charge is 2.26. The zero-order valence-corrected chi connectivity index (χ0v) is 12.9. The Kier molecular flexibility index (Phi) is 3.68. The van der Waals surface area contributed by atoms with E-state index in [1.807, 2.05) is 24.3 Å². The van der Waals surface area contributed by atoms with Crippen LogP contribution in [0.15, 0.2) is 35.8 Å². The smallest absolute Gasteiger partial charge is 0.373 e. The van der Waals surface area contributed by atoms with E-state index >= 15 is 0 Å². The van der Waals surface area contributed by atoms with E-state index in [0.29, 0.717) is 17.3 Å². The molecule has 3 rings (SSSR count). The molecule has 0 fully saturated rings. The van der Waals surface area contributed by atoms with Gasteiger partial charge in [-0.3, -0.25) is 0 Å². The first-order chi connectivity index (χ1) is 10.6. The van der Waals surface area contributed by atoms with Crippen LogP contribution in [0.25, 0.3) is 4.96 Å². The summed E-state index contributed by atoms with van der Waals surface area (Å²) in [6, 6.07) is 7.59. The lowest BCUT2D eigenvalue weighted by Crippen LogP contribution is -2.18. The van der Waals surface area contributed by atoms with Crippen molar-refractivity contribution < 1.29 is 9.66 Å². The molecule has 0 aliphatic heterocycles. The van der Waals surface area contributed by atoms with Crippen molar-refractivity contribution in [2.24, 2.45) is 0 Å². The molecule has 0 amide bonds. The van der Waals surface area contributed by atoms with E-state index in [0.717, 1.165) is 11.3 Å².